The molecule has 2 aromatic rings. The number of methoxy groups -OCH3 is 1. The summed E-state index contributed by atoms with van der Waals surface area (Å²) in [6, 6.07) is 13.8. The van der Waals surface area contributed by atoms with Crippen molar-refractivity contribution in [1.29, 1.82) is 0 Å². The first-order valence-corrected chi connectivity index (χ1v) is 13.1. The third kappa shape index (κ3) is 7.69. The normalized spacial score (nSPS) is 15.5. The maximum atomic E-state index is 13.5. The topological polar surface area (TPSA) is 73.9 Å². The minimum absolute atomic E-state index is 0.0589. The molecule has 2 N–H and O–H groups in total. The van der Waals surface area contributed by atoms with Crippen LogP contribution < -0.4 is 15.5 Å². The largest absolute Gasteiger partial charge is 0.383 e. The highest BCUT2D eigenvalue weighted by Crippen LogP contribution is 2.23. The number of carbonyl (C=O) groups is 2. The number of amides is 2. The molecular formula is C28H39ClN4O3. The first-order valence-electron chi connectivity index (χ1n) is 12.7. The van der Waals surface area contributed by atoms with Crippen molar-refractivity contribution in [2.45, 2.75) is 52.2 Å². The second kappa shape index (κ2) is 13.6. The number of piperazine rings is 1. The van der Waals surface area contributed by atoms with Crippen molar-refractivity contribution in [3.8, 4) is 0 Å². The Morgan fingerprint density at radius 2 is 1.81 bits per heavy atom. The number of benzene rings is 2. The number of para-hydroxylation sites is 1. The Morgan fingerprint density at radius 3 is 2.47 bits per heavy atom. The number of rotatable bonds is 11. The van der Waals surface area contributed by atoms with Crippen molar-refractivity contribution in [3.63, 3.8) is 0 Å². The molecule has 36 heavy (non-hydrogen) atoms. The molecule has 0 aromatic heterocycles. The van der Waals surface area contributed by atoms with E-state index in [4.69, 9.17) is 16.3 Å². The lowest BCUT2D eigenvalue weighted by atomic mass is 10.0. The highest BCUT2D eigenvalue weighted by molar-refractivity contribution is 6.31. The van der Waals surface area contributed by atoms with Crippen LogP contribution in [0.1, 0.15) is 37.0 Å². The average molecular weight is 515 g/mol. The molecule has 2 aromatic carbocycles. The van der Waals surface area contributed by atoms with E-state index in [1.165, 1.54) is 11.3 Å². The van der Waals surface area contributed by atoms with Gasteiger partial charge >= 0.3 is 0 Å². The first kappa shape index (κ1) is 28.0. The summed E-state index contributed by atoms with van der Waals surface area (Å²) in [7, 11) is 1.71. The molecule has 0 saturated carbocycles. The van der Waals surface area contributed by atoms with Gasteiger partial charge in [-0.15, -0.1) is 0 Å². The highest BCUT2D eigenvalue weighted by Gasteiger charge is 2.29. The standard InChI is InChI=1S/C28H39ClN4O3/c1-5-27(34)31-25(17-22-11-10-20(2)16-24(22)29)28(35)33-14-12-32(13-15-33)26-9-7-6-8-23(26)18-30-21(3)19-36-4/h6-11,16,21,25,30H,5,12-15,17-19H2,1-4H3,(H,31,34)/t21?,25-/m1/s1. The molecule has 1 unspecified atom stereocenters. The zero-order valence-electron chi connectivity index (χ0n) is 21.9. The van der Waals surface area contributed by atoms with Gasteiger partial charge in [0.1, 0.15) is 6.04 Å². The van der Waals surface area contributed by atoms with Crippen molar-refractivity contribution in [2.24, 2.45) is 0 Å². The van der Waals surface area contributed by atoms with E-state index < -0.39 is 6.04 Å². The van der Waals surface area contributed by atoms with Gasteiger partial charge in [-0.1, -0.05) is 48.9 Å². The average Bonchev–Trinajstić information content (AvgIpc) is 2.88. The molecule has 0 bridgehead atoms. The summed E-state index contributed by atoms with van der Waals surface area (Å²) in [6.45, 7) is 9.94. The van der Waals surface area contributed by atoms with Gasteiger partial charge in [0.15, 0.2) is 0 Å². The Kier molecular flexibility index (Phi) is 10.6. The van der Waals surface area contributed by atoms with Gasteiger partial charge < -0.3 is 25.2 Å². The summed E-state index contributed by atoms with van der Waals surface area (Å²) in [6.07, 6.45) is 0.699. The molecule has 7 nitrogen and oxygen atoms in total. The molecule has 1 heterocycles. The minimum atomic E-state index is -0.636. The molecule has 3 rings (SSSR count). The Bertz CT molecular complexity index is 1020. The summed E-state index contributed by atoms with van der Waals surface area (Å²) in [4.78, 5) is 29.9. The number of nitrogens with zero attached hydrogens (tertiary/aromatic N) is 2. The van der Waals surface area contributed by atoms with Crippen LogP contribution in [-0.4, -0.2) is 68.7 Å². The molecule has 2 atom stereocenters. The molecule has 1 aliphatic rings. The fourth-order valence-corrected chi connectivity index (χ4v) is 4.80. The number of hydrogen-bond acceptors (Lipinski definition) is 5. The molecule has 0 spiro atoms. The van der Waals surface area contributed by atoms with Crippen LogP contribution >= 0.6 is 11.6 Å². The van der Waals surface area contributed by atoms with Crippen LogP contribution in [0.2, 0.25) is 5.02 Å². The third-order valence-electron chi connectivity index (χ3n) is 6.57. The van der Waals surface area contributed by atoms with E-state index in [1.54, 1.807) is 14.0 Å². The summed E-state index contributed by atoms with van der Waals surface area (Å²) in [5.41, 5.74) is 4.33. The third-order valence-corrected chi connectivity index (χ3v) is 6.92. The number of hydrogen-bond donors (Lipinski definition) is 2. The summed E-state index contributed by atoms with van der Waals surface area (Å²) >= 11 is 6.44. The smallest absolute Gasteiger partial charge is 0.245 e. The summed E-state index contributed by atoms with van der Waals surface area (Å²) in [5, 5.41) is 7.05. The molecular weight excluding hydrogens is 476 g/mol. The van der Waals surface area contributed by atoms with Crippen molar-refractivity contribution < 1.29 is 14.3 Å². The Labute approximate surface area is 220 Å². The molecule has 1 fully saturated rings. The van der Waals surface area contributed by atoms with Crippen molar-refractivity contribution in [3.05, 3.63) is 64.2 Å². The highest BCUT2D eigenvalue weighted by atomic mass is 35.5. The zero-order valence-corrected chi connectivity index (χ0v) is 22.6. The van der Waals surface area contributed by atoms with Gasteiger partial charge in [0.2, 0.25) is 11.8 Å². The monoisotopic (exact) mass is 514 g/mol. The lowest BCUT2D eigenvalue weighted by molar-refractivity contribution is -0.136. The Morgan fingerprint density at radius 1 is 1.08 bits per heavy atom. The van der Waals surface area contributed by atoms with Gasteiger partial charge in [-0.05, 0) is 42.7 Å². The fraction of sp³-hybridized carbons (Fsp3) is 0.500. The minimum Gasteiger partial charge on any atom is -0.383 e. The van der Waals surface area contributed by atoms with Gasteiger partial charge in [0.05, 0.1) is 6.61 Å². The zero-order chi connectivity index (χ0) is 26.1. The fourth-order valence-electron chi connectivity index (χ4n) is 4.48. The second-order valence-corrected chi connectivity index (χ2v) is 9.86. The first-order chi connectivity index (χ1) is 17.3. The van der Waals surface area contributed by atoms with Crippen molar-refractivity contribution in [2.75, 3.05) is 44.8 Å². The second-order valence-electron chi connectivity index (χ2n) is 9.45. The van der Waals surface area contributed by atoms with E-state index in [9.17, 15) is 9.59 Å². The Balaban J connectivity index is 1.66. The van der Waals surface area contributed by atoms with Crippen LogP contribution in [0.3, 0.4) is 0 Å². The number of halogens is 1. The van der Waals surface area contributed by atoms with Crippen LogP contribution in [0.15, 0.2) is 42.5 Å². The number of ether oxygens (including phenoxy) is 1. The van der Waals surface area contributed by atoms with Crippen molar-refractivity contribution >= 4 is 29.1 Å². The van der Waals surface area contributed by atoms with E-state index >= 15 is 0 Å². The van der Waals surface area contributed by atoms with Gasteiger partial charge in [-0.3, -0.25) is 9.59 Å². The quantitative estimate of drug-likeness (QED) is 0.479. The molecule has 1 aliphatic heterocycles. The lowest BCUT2D eigenvalue weighted by Crippen LogP contribution is -2.55. The summed E-state index contributed by atoms with van der Waals surface area (Å²) < 4.78 is 5.23. The molecule has 0 aliphatic carbocycles. The number of aryl methyl sites for hydroxylation is 1. The summed E-state index contributed by atoms with van der Waals surface area (Å²) in [5.74, 6) is -0.198. The number of nitrogens with one attached hydrogen (secondary N) is 2. The van der Waals surface area contributed by atoms with Gasteiger partial charge in [0, 0.05) is 69.4 Å². The predicted octanol–water partition coefficient (Wildman–Crippen LogP) is 3.56. The van der Waals surface area contributed by atoms with Crippen LogP contribution in [0.5, 0.6) is 0 Å². The van der Waals surface area contributed by atoms with E-state index in [0.29, 0.717) is 37.6 Å². The van der Waals surface area contributed by atoms with Crippen LogP contribution in [-0.2, 0) is 27.3 Å². The van der Waals surface area contributed by atoms with E-state index in [2.05, 4.69) is 46.7 Å². The number of carbonyl (C=O) groups excluding carboxylic acids is 2. The molecule has 1 saturated heterocycles. The molecule has 196 valence electrons. The van der Waals surface area contributed by atoms with Crippen LogP contribution in [0.25, 0.3) is 0 Å². The van der Waals surface area contributed by atoms with Gasteiger partial charge in [-0.25, -0.2) is 0 Å². The van der Waals surface area contributed by atoms with Crippen LogP contribution in [0, 0.1) is 6.92 Å². The maximum Gasteiger partial charge on any atom is 0.245 e. The maximum absolute atomic E-state index is 13.5. The van der Waals surface area contributed by atoms with Crippen molar-refractivity contribution in [1.82, 2.24) is 15.5 Å². The predicted molar refractivity (Wildman–Crippen MR) is 146 cm³/mol. The van der Waals surface area contributed by atoms with E-state index in [-0.39, 0.29) is 17.9 Å². The molecule has 8 heteroatoms. The molecule has 2 amide bonds. The van der Waals surface area contributed by atoms with E-state index in [1.807, 2.05) is 30.0 Å². The number of anilines is 1. The van der Waals surface area contributed by atoms with Gasteiger partial charge in [0.25, 0.3) is 0 Å². The lowest BCUT2D eigenvalue weighted by Gasteiger charge is -2.38. The Hall–Kier alpha value is -2.61. The van der Waals surface area contributed by atoms with Gasteiger partial charge in [-0.2, -0.15) is 0 Å². The van der Waals surface area contributed by atoms with Crippen LogP contribution in [0.4, 0.5) is 5.69 Å². The SMILES string of the molecule is CCC(=O)N[C@H](Cc1ccc(C)cc1Cl)C(=O)N1CCN(c2ccccc2CNC(C)COC)CC1. The van der Waals surface area contributed by atoms with E-state index in [0.717, 1.165) is 30.8 Å². The molecule has 0 radical (unpaired) electrons.